The van der Waals surface area contributed by atoms with Crippen molar-refractivity contribution in [3.8, 4) is 11.5 Å². The Hall–Kier alpha value is -3.55. The molecule has 2 aromatic carbocycles. The van der Waals surface area contributed by atoms with Crippen molar-refractivity contribution in [2.45, 2.75) is 38.1 Å². The standard InChI is InChI=1S/C26H25F3N2O3/c1-17(24-12-11-21(14-30-24)34-16-26(27,28)29)31-25(32)23-13-22(23)19-7-9-20(10-8-19)33-15-18-5-3-2-4-6-18/h2-12,14,17,22-23H,13,15-16H2,1H3,(H,31,32)/t17-,22-,23+/m0/s1. The number of nitrogens with one attached hydrogen (secondary N) is 1. The molecule has 1 aliphatic rings. The number of pyridine rings is 1. The van der Waals surface area contributed by atoms with Crippen LogP contribution in [0.15, 0.2) is 72.9 Å². The van der Waals surface area contributed by atoms with Crippen molar-refractivity contribution in [1.82, 2.24) is 10.3 Å². The lowest BCUT2D eigenvalue weighted by molar-refractivity contribution is -0.153. The molecule has 5 nitrogen and oxygen atoms in total. The molecule has 1 aromatic heterocycles. The maximum absolute atomic E-state index is 12.7. The minimum absolute atomic E-state index is 0.0260. The summed E-state index contributed by atoms with van der Waals surface area (Å²) in [5.41, 5.74) is 2.73. The zero-order valence-corrected chi connectivity index (χ0v) is 18.6. The van der Waals surface area contributed by atoms with Crippen LogP contribution < -0.4 is 14.8 Å². The Morgan fingerprint density at radius 3 is 2.38 bits per heavy atom. The monoisotopic (exact) mass is 470 g/mol. The van der Waals surface area contributed by atoms with Crippen LogP contribution in [-0.4, -0.2) is 23.7 Å². The highest BCUT2D eigenvalue weighted by Gasteiger charge is 2.44. The number of amides is 1. The van der Waals surface area contributed by atoms with Gasteiger partial charge in [0.1, 0.15) is 18.1 Å². The molecule has 0 saturated heterocycles. The van der Waals surface area contributed by atoms with Gasteiger partial charge in [0, 0.05) is 5.92 Å². The van der Waals surface area contributed by atoms with Crippen LogP contribution in [0.3, 0.4) is 0 Å². The SMILES string of the molecule is C[C@H](NC(=O)[C@@H]1C[C@H]1c1ccc(OCc2ccccc2)cc1)c1ccc(OCC(F)(F)F)cn1. The number of aromatic nitrogens is 1. The van der Waals surface area contributed by atoms with E-state index in [9.17, 15) is 18.0 Å². The molecule has 8 heteroatoms. The van der Waals surface area contributed by atoms with Gasteiger partial charge in [-0.15, -0.1) is 0 Å². The van der Waals surface area contributed by atoms with Crippen LogP contribution in [-0.2, 0) is 11.4 Å². The van der Waals surface area contributed by atoms with Gasteiger partial charge in [0.05, 0.1) is 17.9 Å². The van der Waals surface area contributed by atoms with E-state index in [2.05, 4.69) is 15.0 Å². The Kier molecular flexibility index (Phi) is 7.05. The zero-order valence-electron chi connectivity index (χ0n) is 18.6. The van der Waals surface area contributed by atoms with Crippen LogP contribution >= 0.6 is 0 Å². The second-order valence-electron chi connectivity index (χ2n) is 8.34. The van der Waals surface area contributed by atoms with Crippen molar-refractivity contribution in [1.29, 1.82) is 0 Å². The topological polar surface area (TPSA) is 60.5 Å². The number of benzene rings is 2. The minimum atomic E-state index is -4.41. The van der Waals surface area contributed by atoms with Crippen molar-refractivity contribution in [2.75, 3.05) is 6.61 Å². The number of carbonyl (C=O) groups excluding carboxylic acids is 1. The molecule has 3 aromatic rings. The highest BCUT2D eigenvalue weighted by molar-refractivity contribution is 5.83. The molecule has 4 rings (SSSR count). The molecule has 0 radical (unpaired) electrons. The number of ether oxygens (including phenoxy) is 2. The smallest absolute Gasteiger partial charge is 0.422 e. The first kappa shape index (κ1) is 23.6. The number of halogens is 3. The first-order valence-electron chi connectivity index (χ1n) is 11.0. The third-order valence-corrected chi connectivity index (χ3v) is 5.65. The average molecular weight is 470 g/mol. The first-order valence-corrected chi connectivity index (χ1v) is 11.0. The first-order chi connectivity index (χ1) is 16.3. The van der Waals surface area contributed by atoms with Gasteiger partial charge >= 0.3 is 6.18 Å². The van der Waals surface area contributed by atoms with Gasteiger partial charge in [0.25, 0.3) is 0 Å². The molecule has 0 unspecified atom stereocenters. The van der Waals surface area contributed by atoms with Crippen molar-refractivity contribution < 1.29 is 27.4 Å². The summed E-state index contributed by atoms with van der Waals surface area (Å²) in [6.45, 7) is 0.909. The third-order valence-electron chi connectivity index (χ3n) is 5.65. The number of alkyl halides is 3. The van der Waals surface area contributed by atoms with E-state index in [4.69, 9.17) is 4.74 Å². The van der Waals surface area contributed by atoms with Gasteiger partial charge in [-0.3, -0.25) is 9.78 Å². The van der Waals surface area contributed by atoms with Crippen molar-refractivity contribution in [3.05, 3.63) is 89.7 Å². The lowest BCUT2D eigenvalue weighted by atomic mass is 10.1. The second kappa shape index (κ2) is 10.2. The molecular formula is C26H25F3N2O3. The summed E-state index contributed by atoms with van der Waals surface area (Å²) in [6, 6.07) is 20.3. The van der Waals surface area contributed by atoms with Crippen LogP contribution in [0.25, 0.3) is 0 Å². The van der Waals surface area contributed by atoms with E-state index in [1.54, 1.807) is 13.0 Å². The maximum atomic E-state index is 12.7. The highest BCUT2D eigenvalue weighted by Crippen LogP contribution is 2.48. The average Bonchev–Trinajstić information content (AvgIpc) is 3.63. The predicted octanol–water partition coefficient (Wildman–Crippen LogP) is 5.58. The van der Waals surface area contributed by atoms with E-state index in [-0.39, 0.29) is 29.5 Å². The molecule has 1 amide bonds. The summed E-state index contributed by atoms with van der Waals surface area (Å²) >= 11 is 0. The summed E-state index contributed by atoms with van der Waals surface area (Å²) < 4.78 is 47.2. The molecule has 0 bridgehead atoms. The lowest BCUT2D eigenvalue weighted by Gasteiger charge is -2.14. The second-order valence-corrected chi connectivity index (χ2v) is 8.34. The van der Waals surface area contributed by atoms with Crippen molar-refractivity contribution >= 4 is 5.91 Å². The number of carbonyl (C=O) groups is 1. The molecule has 1 saturated carbocycles. The van der Waals surface area contributed by atoms with E-state index in [1.165, 1.54) is 12.3 Å². The maximum Gasteiger partial charge on any atom is 0.422 e. The Morgan fingerprint density at radius 2 is 1.74 bits per heavy atom. The molecule has 0 spiro atoms. The van der Waals surface area contributed by atoms with E-state index in [0.29, 0.717) is 12.3 Å². The normalized spacial score (nSPS) is 18.1. The number of hydrogen-bond acceptors (Lipinski definition) is 4. The van der Waals surface area contributed by atoms with Crippen LogP contribution in [0, 0.1) is 5.92 Å². The molecule has 1 aliphatic carbocycles. The van der Waals surface area contributed by atoms with Crippen molar-refractivity contribution in [2.24, 2.45) is 5.92 Å². The molecule has 0 aliphatic heterocycles. The lowest BCUT2D eigenvalue weighted by Crippen LogP contribution is -2.29. The Balaban J connectivity index is 1.25. The molecular weight excluding hydrogens is 445 g/mol. The fraction of sp³-hybridized carbons (Fsp3) is 0.308. The quantitative estimate of drug-likeness (QED) is 0.443. The largest absolute Gasteiger partial charge is 0.489 e. The van der Waals surface area contributed by atoms with E-state index >= 15 is 0 Å². The Bertz CT molecular complexity index is 1090. The highest BCUT2D eigenvalue weighted by atomic mass is 19.4. The van der Waals surface area contributed by atoms with Crippen LogP contribution in [0.5, 0.6) is 11.5 Å². The number of nitrogens with zero attached hydrogens (tertiary/aromatic N) is 1. The molecule has 34 heavy (non-hydrogen) atoms. The summed E-state index contributed by atoms with van der Waals surface area (Å²) in [7, 11) is 0. The number of rotatable bonds is 9. The Labute approximate surface area is 195 Å². The molecule has 1 fully saturated rings. The third kappa shape index (κ3) is 6.50. The van der Waals surface area contributed by atoms with Gasteiger partial charge in [-0.2, -0.15) is 13.2 Å². The number of hydrogen-bond donors (Lipinski definition) is 1. The van der Waals surface area contributed by atoms with E-state index in [1.807, 2.05) is 54.6 Å². The summed E-state index contributed by atoms with van der Waals surface area (Å²) in [5, 5.41) is 2.94. The molecule has 3 atom stereocenters. The van der Waals surface area contributed by atoms with Gasteiger partial charge in [-0.1, -0.05) is 42.5 Å². The molecule has 1 N–H and O–H groups in total. The predicted molar refractivity (Wildman–Crippen MR) is 120 cm³/mol. The van der Waals surface area contributed by atoms with E-state index in [0.717, 1.165) is 23.3 Å². The van der Waals surface area contributed by atoms with Crippen LogP contribution in [0.4, 0.5) is 13.2 Å². The zero-order chi connectivity index (χ0) is 24.1. The molecule has 178 valence electrons. The van der Waals surface area contributed by atoms with Gasteiger partial charge < -0.3 is 14.8 Å². The summed E-state index contributed by atoms with van der Waals surface area (Å²) in [4.78, 5) is 16.8. The van der Waals surface area contributed by atoms with E-state index < -0.39 is 12.8 Å². The van der Waals surface area contributed by atoms with Crippen molar-refractivity contribution in [3.63, 3.8) is 0 Å². The molecule has 1 heterocycles. The van der Waals surface area contributed by atoms with Gasteiger partial charge in [0.2, 0.25) is 5.91 Å². The van der Waals surface area contributed by atoms with Gasteiger partial charge in [-0.05, 0) is 54.7 Å². The summed E-state index contributed by atoms with van der Waals surface area (Å²) in [5.74, 6) is 0.769. The minimum Gasteiger partial charge on any atom is -0.489 e. The van der Waals surface area contributed by atoms with Gasteiger partial charge in [-0.25, -0.2) is 0 Å². The van der Waals surface area contributed by atoms with Gasteiger partial charge in [0.15, 0.2) is 6.61 Å². The van der Waals surface area contributed by atoms with Crippen LogP contribution in [0.1, 0.15) is 42.1 Å². The Morgan fingerprint density at radius 1 is 1.03 bits per heavy atom. The fourth-order valence-corrected chi connectivity index (χ4v) is 3.70. The fourth-order valence-electron chi connectivity index (χ4n) is 3.70. The summed E-state index contributed by atoms with van der Waals surface area (Å²) in [6.07, 6.45) is -2.41. The van der Waals surface area contributed by atoms with Crippen LogP contribution in [0.2, 0.25) is 0 Å².